The third-order valence-corrected chi connectivity index (χ3v) is 3.12. The number of aliphatic hydroxyl groups excluding tert-OH is 1. The average Bonchev–Trinajstić information content (AvgIpc) is 2.70. The molecule has 1 heterocycles. The van der Waals surface area contributed by atoms with Crippen LogP contribution in [0.25, 0.3) is 0 Å². The van der Waals surface area contributed by atoms with Gasteiger partial charge in [-0.3, -0.25) is 0 Å². The molecule has 0 amide bonds. The van der Waals surface area contributed by atoms with E-state index in [2.05, 4.69) is 15.5 Å². The number of hydrogen-bond donors (Lipinski definition) is 1. The third kappa shape index (κ3) is 5.44. The second kappa shape index (κ2) is 7.59. The largest absolute Gasteiger partial charge is 0.390 e. The summed E-state index contributed by atoms with van der Waals surface area (Å²) in [5.74, 6) is 0.494. The van der Waals surface area contributed by atoms with E-state index < -0.39 is 6.10 Å². The number of tetrazole rings is 1. The molecule has 0 radical (unpaired) electrons. The van der Waals surface area contributed by atoms with Gasteiger partial charge in [-0.25, -0.2) is 4.68 Å². The number of nitrogens with zero attached hydrogens (tertiary/aromatic N) is 4. The van der Waals surface area contributed by atoms with Crippen molar-refractivity contribution in [2.75, 3.05) is 26.1 Å². The van der Waals surface area contributed by atoms with Crippen LogP contribution >= 0.6 is 11.8 Å². The summed E-state index contributed by atoms with van der Waals surface area (Å²) in [6.07, 6.45) is -0.563. The van der Waals surface area contributed by atoms with Crippen LogP contribution in [0.15, 0.2) is 5.16 Å². The molecule has 17 heavy (non-hydrogen) atoms. The van der Waals surface area contributed by atoms with Crippen LogP contribution in [0.4, 0.5) is 0 Å². The molecule has 7 nitrogen and oxygen atoms in total. The number of methoxy groups -OCH3 is 1. The number of aromatic nitrogens is 4. The normalized spacial score (nSPS) is 14.8. The quantitative estimate of drug-likeness (QED) is 0.645. The van der Waals surface area contributed by atoms with Crippen molar-refractivity contribution in [1.29, 1.82) is 0 Å². The first kappa shape index (κ1) is 14.4. The van der Waals surface area contributed by atoms with Crippen LogP contribution in [-0.2, 0) is 16.5 Å². The molecule has 8 heteroatoms. The van der Waals surface area contributed by atoms with Gasteiger partial charge in [0, 0.05) is 19.9 Å². The Morgan fingerprint density at radius 1 is 1.47 bits per heavy atom. The van der Waals surface area contributed by atoms with Gasteiger partial charge in [0.15, 0.2) is 0 Å². The Labute approximate surface area is 104 Å². The number of thioether (sulfide) groups is 1. The van der Waals surface area contributed by atoms with Crippen LogP contribution in [-0.4, -0.2) is 63.6 Å². The highest BCUT2D eigenvalue weighted by Gasteiger charge is 2.11. The minimum atomic E-state index is -0.545. The summed E-state index contributed by atoms with van der Waals surface area (Å²) in [5.41, 5.74) is 0. The van der Waals surface area contributed by atoms with E-state index in [0.717, 1.165) is 0 Å². The number of aliphatic hydroxyl groups is 1. The molecule has 0 aliphatic rings. The molecule has 0 aromatic carbocycles. The maximum absolute atomic E-state index is 9.69. The van der Waals surface area contributed by atoms with Gasteiger partial charge in [0.1, 0.15) is 0 Å². The third-order valence-electron chi connectivity index (χ3n) is 1.96. The summed E-state index contributed by atoms with van der Waals surface area (Å²) in [6, 6.07) is 0. The van der Waals surface area contributed by atoms with Crippen LogP contribution in [0.3, 0.4) is 0 Å². The Morgan fingerprint density at radius 3 is 2.82 bits per heavy atom. The molecule has 1 N–H and O–H groups in total. The van der Waals surface area contributed by atoms with Crippen molar-refractivity contribution in [3.8, 4) is 0 Å². The highest BCUT2D eigenvalue weighted by Crippen LogP contribution is 2.13. The average molecular weight is 262 g/mol. The van der Waals surface area contributed by atoms with E-state index in [1.165, 1.54) is 11.8 Å². The summed E-state index contributed by atoms with van der Waals surface area (Å²) in [6.45, 7) is 2.70. The molecule has 0 aliphatic heterocycles. The zero-order chi connectivity index (χ0) is 12.7. The Kier molecular flexibility index (Phi) is 6.41. The summed E-state index contributed by atoms with van der Waals surface area (Å²) >= 11 is 1.39. The summed E-state index contributed by atoms with van der Waals surface area (Å²) in [4.78, 5) is 0. The van der Waals surface area contributed by atoms with Gasteiger partial charge in [-0.1, -0.05) is 11.8 Å². The first-order valence-electron chi connectivity index (χ1n) is 5.27. The van der Waals surface area contributed by atoms with Crippen molar-refractivity contribution in [1.82, 2.24) is 20.2 Å². The SMILES string of the molecule is COCC(C)OCC(O)CSc1nnnn1C. The Bertz CT molecular complexity index is 323. The maximum Gasteiger partial charge on any atom is 0.209 e. The van der Waals surface area contributed by atoms with Crippen molar-refractivity contribution in [3.63, 3.8) is 0 Å². The Morgan fingerprint density at radius 2 is 2.24 bits per heavy atom. The van der Waals surface area contributed by atoms with Crippen molar-refractivity contribution >= 4 is 11.8 Å². The molecule has 0 bridgehead atoms. The van der Waals surface area contributed by atoms with E-state index in [0.29, 0.717) is 17.5 Å². The van der Waals surface area contributed by atoms with Crippen LogP contribution in [0.1, 0.15) is 6.92 Å². The number of hydrogen-bond acceptors (Lipinski definition) is 7. The summed E-state index contributed by atoms with van der Waals surface area (Å²) < 4.78 is 11.9. The van der Waals surface area contributed by atoms with E-state index in [1.807, 2.05) is 6.92 Å². The number of aryl methyl sites for hydroxylation is 1. The fourth-order valence-electron chi connectivity index (χ4n) is 1.12. The van der Waals surface area contributed by atoms with Crippen LogP contribution in [0.2, 0.25) is 0 Å². The second-order valence-electron chi connectivity index (χ2n) is 3.65. The molecule has 0 saturated heterocycles. The lowest BCUT2D eigenvalue weighted by Crippen LogP contribution is -2.24. The van der Waals surface area contributed by atoms with E-state index in [-0.39, 0.29) is 12.7 Å². The lowest BCUT2D eigenvalue weighted by molar-refractivity contribution is -0.0257. The van der Waals surface area contributed by atoms with Gasteiger partial charge in [-0.15, -0.1) is 5.10 Å². The predicted octanol–water partition coefficient (Wildman–Crippen LogP) is -0.285. The van der Waals surface area contributed by atoms with Crippen LogP contribution < -0.4 is 0 Å². The highest BCUT2D eigenvalue weighted by atomic mass is 32.2. The molecule has 1 aromatic rings. The molecule has 1 rings (SSSR count). The van der Waals surface area contributed by atoms with Crippen molar-refractivity contribution in [2.45, 2.75) is 24.3 Å². The lowest BCUT2D eigenvalue weighted by atomic mass is 10.4. The van der Waals surface area contributed by atoms with Gasteiger partial charge in [0.25, 0.3) is 0 Å². The second-order valence-corrected chi connectivity index (χ2v) is 4.64. The zero-order valence-electron chi connectivity index (χ0n) is 10.2. The molecular formula is C9H18N4O3S. The van der Waals surface area contributed by atoms with E-state index >= 15 is 0 Å². The minimum Gasteiger partial charge on any atom is -0.390 e. The molecule has 0 fully saturated rings. The van der Waals surface area contributed by atoms with Crippen molar-refractivity contribution < 1.29 is 14.6 Å². The van der Waals surface area contributed by atoms with Gasteiger partial charge in [0.05, 0.1) is 25.4 Å². The van der Waals surface area contributed by atoms with Crippen LogP contribution in [0.5, 0.6) is 0 Å². The van der Waals surface area contributed by atoms with Gasteiger partial charge in [-0.05, 0) is 17.4 Å². The Balaban J connectivity index is 2.17. The zero-order valence-corrected chi connectivity index (χ0v) is 11.1. The topological polar surface area (TPSA) is 82.3 Å². The highest BCUT2D eigenvalue weighted by molar-refractivity contribution is 7.99. The molecular weight excluding hydrogens is 244 g/mol. The number of ether oxygens (including phenoxy) is 2. The van der Waals surface area contributed by atoms with Gasteiger partial charge < -0.3 is 14.6 Å². The van der Waals surface area contributed by atoms with E-state index in [4.69, 9.17) is 9.47 Å². The molecule has 0 aliphatic carbocycles. The van der Waals surface area contributed by atoms with Gasteiger partial charge in [0.2, 0.25) is 5.16 Å². The minimum absolute atomic E-state index is 0.0175. The molecule has 98 valence electrons. The molecule has 2 atom stereocenters. The Hall–Kier alpha value is -0.700. The molecule has 2 unspecified atom stereocenters. The van der Waals surface area contributed by atoms with Crippen molar-refractivity contribution in [3.05, 3.63) is 0 Å². The standard InChI is InChI=1S/C9H18N4O3S/c1-7(4-15-3)16-5-8(14)6-17-9-10-11-12-13(9)2/h7-8,14H,4-6H2,1-3H3. The number of rotatable bonds is 8. The molecule has 0 spiro atoms. The predicted molar refractivity (Wildman–Crippen MR) is 62.8 cm³/mol. The molecule has 0 saturated carbocycles. The molecule has 1 aromatic heterocycles. The first-order chi connectivity index (χ1) is 8.13. The van der Waals surface area contributed by atoms with Gasteiger partial charge in [-0.2, -0.15) is 0 Å². The lowest BCUT2D eigenvalue weighted by Gasteiger charge is -2.15. The smallest absolute Gasteiger partial charge is 0.209 e. The fourth-order valence-corrected chi connectivity index (χ4v) is 1.88. The fraction of sp³-hybridized carbons (Fsp3) is 0.889. The van der Waals surface area contributed by atoms with E-state index in [9.17, 15) is 5.11 Å². The summed E-state index contributed by atoms with van der Waals surface area (Å²) in [5, 5.41) is 21.4. The van der Waals surface area contributed by atoms with E-state index in [1.54, 1.807) is 18.8 Å². The van der Waals surface area contributed by atoms with Crippen LogP contribution in [0, 0.1) is 0 Å². The maximum atomic E-state index is 9.69. The van der Waals surface area contributed by atoms with Gasteiger partial charge >= 0.3 is 0 Å². The first-order valence-corrected chi connectivity index (χ1v) is 6.25. The summed E-state index contributed by atoms with van der Waals surface area (Å²) in [7, 11) is 3.37. The monoisotopic (exact) mass is 262 g/mol. The van der Waals surface area contributed by atoms with Crippen molar-refractivity contribution in [2.24, 2.45) is 7.05 Å².